The number of benzene rings is 1. The van der Waals surface area contributed by atoms with Gasteiger partial charge in [-0.3, -0.25) is 4.79 Å². The normalized spacial score (nSPS) is 17.6. The van der Waals surface area contributed by atoms with Crippen LogP contribution in [0.4, 0.5) is 0 Å². The van der Waals surface area contributed by atoms with Gasteiger partial charge in [-0.15, -0.1) is 0 Å². The molecule has 1 aliphatic rings. The predicted molar refractivity (Wildman–Crippen MR) is 79.6 cm³/mol. The maximum Gasteiger partial charge on any atom is 0.314 e. The molecule has 20 heavy (non-hydrogen) atoms. The summed E-state index contributed by atoms with van der Waals surface area (Å²) in [5.41, 5.74) is -0.0428. The fraction of sp³-hybridized carbons (Fsp3) is 0.533. The summed E-state index contributed by atoms with van der Waals surface area (Å²) in [6.07, 6.45) is 4.30. The molecule has 1 aromatic rings. The Bertz CT molecular complexity index is 507. The molecular weight excluding hydrogens is 324 g/mol. The molecule has 0 atom stereocenters. The molecule has 0 heterocycles. The lowest BCUT2D eigenvalue weighted by Crippen LogP contribution is -2.38. The SMILES string of the molecule is COc1ccc(C2(C(=O)O)CCCCC2)c(Br)c1OC. The van der Waals surface area contributed by atoms with Crippen LogP contribution in [0.15, 0.2) is 16.6 Å². The van der Waals surface area contributed by atoms with E-state index < -0.39 is 11.4 Å². The minimum Gasteiger partial charge on any atom is -0.493 e. The molecule has 5 heteroatoms. The van der Waals surface area contributed by atoms with E-state index in [2.05, 4.69) is 15.9 Å². The summed E-state index contributed by atoms with van der Waals surface area (Å²) in [4.78, 5) is 11.9. The van der Waals surface area contributed by atoms with Crippen molar-refractivity contribution in [3.63, 3.8) is 0 Å². The van der Waals surface area contributed by atoms with Gasteiger partial charge in [0.1, 0.15) is 0 Å². The van der Waals surface area contributed by atoms with Gasteiger partial charge in [0.2, 0.25) is 0 Å². The van der Waals surface area contributed by atoms with Crippen molar-refractivity contribution in [2.24, 2.45) is 0 Å². The van der Waals surface area contributed by atoms with Gasteiger partial charge in [-0.1, -0.05) is 25.3 Å². The number of carboxylic acid groups (broad SMARTS) is 1. The Morgan fingerprint density at radius 3 is 2.35 bits per heavy atom. The molecule has 1 aromatic carbocycles. The first-order valence-electron chi connectivity index (χ1n) is 6.71. The number of ether oxygens (including phenoxy) is 2. The molecule has 1 N–H and O–H groups in total. The van der Waals surface area contributed by atoms with Gasteiger partial charge in [-0.25, -0.2) is 0 Å². The van der Waals surface area contributed by atoms with Crippen molar-refractivity contribution in [1.29, 1.82) is 0 Å². The molecule has 1 aliphatic carbocycles. The van der Waals surface area contributed by atoms with Crippen LogP contribution in [-0.4, -0.2) is 25.3 Å². The third-order valence-electron chi connectivity index (χ3n) is 4.12. The van der Waals surface area contributed by atoms with Gasteiger partial charge in [0.25, 0.3) is 0 Å². The molecular formula is C15H19BrO4. The topological polar surface area (TPSA) is 55.8 Å². The van der Waals surface area contributed by atoms with Crippen LogP contribution < -0.4 is 9.47 Å². The summed E-state index contributed by atoms with van der Waals surface area (Å²) < 4.78 is 11.3. The second-order valence-corrected chi connectivity index (χ2v) is 5.90. The molecule has 0 amide bonds. The number of halogens is 1. The van der Waals surface area contributed by atoms with E-state index in [0.717, 1.165) is 24.8 Å². The average Bonchev–Trinajstić information content (AvgIpc) is 2.47. The monoisotopic (exact) mass is 342 g/mol. The maximum absolute atomic E-state index is 11.9. The number of methoxy groups -OCH3 is 2. The van der Waals surface area contributed by atoms with E-state index in [4.69, 9.17) is 9.47 Å². The Morgan fingerprint density at radius 1 is 1.20 bits per heavy atom. The maximum atomic E-state index is 11.9. The number of carbonyl (C=O) groups is 1. The zero-order chi connectivity index (χ0) is 14.8. The van der Waals surface area contributed by atoms with Gasteiger partial charge in [0.05, 0.1) is 24.1 Å². The van der Waals surface area contributed by atoms with Crippen LogP contribution in [0.5, 0.6) is 11.5 Å². The van der Waals surface area contributed by atoms with Crippen molar-refractivity contribution in [2.45, 2.75) is 37.5 Å². The molecule has 0 aliphatic heterocycles. The minimum absolute atomic E-state index is 0.552. The van der Waals surface area contributed by atoms with E-state index in [9.17, 15) is 9.90 Å². The van der Waals surface area contributed by atoms with Crippen molar-refractivity contribution in [1.82, 2.24) is 0 Å². The molecule has 0 saturated heterocycles. The van der Waals surface area contributed by atoms with Gasteiger partial charge in [-0.2, -0.15) is 0 Å². The molecule has 0 radical (unpaired) electrons. The Labute approximate surface area is 127 Å². The summed E-state index contributed by atoms with van der Waals surface area (Å²) in [7, 11) is 3.12. The largest absolute Gasteiger partial charge is 0.493 e. The first kappa shape index (κ1) is 15.2. The lowest BCUT2D eigenvalue weighted by Gasteiger charge is -2.34. The fourth-order valence-electron chi connectivity index (χ4n) is 3.01. The van der Waals surface area contributed by atoms with E-state index in [1.807, 2.05) is 6.07 Å². The van der Waals surface area contributed by atoms with Crippen LogP contribution in [0.3, 0.4) is 0 Å². The smallest absolute Gasteiger partial charge is 0.314 e. The molecule has 2 rings (SSSR count). The quantitative estimate of drug-likeness (QED) is 0.905. The predicted octanol–water partition coefficient (Wildman–Crippen LogP) is 3.75. The van der Waals surface area contributed by atoms with Gasteiger partial charge in [0, 0.05) is 0 Å². The highest BCUT2D eigenvalue weighted by Gasteiger charge is 2.43. The molecule has 0 bridgehead atoms. The Hall–Kier alpha value is -1.23. The Morgan fingerprint density at radius 2 is 1.85 bits per heavy atom. The number of carboxylic acids is 1. The molecule has 0 aromatic heterocycles. The zero-order valence-corrected chi connectivity index (χ0v) is 13.3. The van der Waals surface area contributed by atoms with Crippen molar-refractivity contribution in [3.05, 3.63) is 22.2 Å². The molecule has 1 saturated carbocycles. The van der Waals surface area contributed by atoms with Crippen LogP contribution in [0.1, 0.15) is 37.7 Å². The first-order valence-corrected chi connectivity index (χ1v) is 7.50. The van der Waals surface area contributed by atoms with E-state index in [-0.39, 0.29) is 0 Å². The van der Waals surface area contributed by atoms with Crippen molar-refractivity contribution >= 4 is 21.9 Å². The molecule has 1 fully saturated rings. The van der Waals surface area contributed by atoms with Crippen LogP contribution in [-0.2, 0) is 10.2 Å². The standard InChI is InChI=1S/C15H19BrO4/c1-19-11-7-6-10(12(16)13(11)20-2)15(14(17)18)8-4-3-5-9-15/h6-7H,3-5,8-9H2,1-2H3,(H,17,18). The molecule has 4 nitrogen and oxygen atoms in total. The highest BCUT2D eigenvalue weighted by Crippen LogP contribution is 2.47. The van der Waals surface area contributed by atoms with Crippen molar-refractivity contribution in [3.8, 4) is 11.5 Å². The van der Waals surface area contributed by atoms with Crippen LogP contribution in [0.25, 0.3) is 0 Å². The second kappa shape index (κ2) is 6.04. The van der Waals surface area contributed by atoms with E-state index >= 15 is 0 Å². The molecule has 0 unspecified atom stereocenters. The number of hydrogen-bond donors (Lipinski definition) is 1. The van der Waals surface area contributed by atoms with Gasteiger partial charge in [0.15, 0.2) is 11.5 Å². The van der Waals surface area contributed by atoms with Crippen LogP contribution >= 0.6 is 15.9 Å². The average molecular weight is 343 g/mol. The first-order chi connectivity index (χ1) is 9.56. The number of hydrogen-bond acceptors (Lipinski definition) is 3. The van der Waals surface area contributed by atoms with Gasteiger partial charge in [-0.05, 0) is 40.4 Å². The van der Waals surface area contributed by atoms with E-state index in [1.165, 1.54) is 0 Å². The summed E-state index contributed by atoms with van der Waals surface area (Å²) >= 11 is 3.50. The minimum atomic E-state index is -0.823. The third-order valence-corrected chi connectivity index (χ3v) is 4.90. The van der Waals surface area contributed by atoms with E-state index in [0.29, 0.717) is 28.8 Å². The highest BCUT2D eigenvalue weighted by molar-refractivity contribution is 9.10. The third kappa shape index (κ3) is 2.39. The summed E-state index contributed by atoms with van der Waals surface area (Å²) in [5.74, 6) is 0.390. The fourth-order valence-corrected chi connectivity index (χ4v) is 3.88. The Kier molecular flexibility index (Phi) is 4.58. The lowest BCUT2D eigenvalue weighted by molar-refractivity contribution is -0.145. The lowest BCUT2D eigenvalue weighted by atomic mass is 9.69. The molecule has 110 valence electrons. The zero-order valence-electron chi connectivity index (χ0n) is 11.7. The summed E-state index contributed by atoms with van der Waals surface area (Å²) in [6.45, 7) is 0. The van der Waals surface area contributed by atoms with E-state index in [1.54, 1.807) is 20.3 Å². The van der Waals surface area contributed by atoms with Gasteiger partial charge < -0.3 is 14.6 Å². The van der Waals surface area contributed by atoms with Gasteiger partial charge >= 0.3 is 5.97 Å². The Balaban J connectivity index is 2.57. The highest BCUT2D eigenvalue weighted by atomic mass is 79.9. The second-order valence-electron chi connectivity index (χ2n) is 5.11. The van der Waals surface area contributed by atoms with Crippen molar-refractivity contribution in [2.75, 3.05) is 14.2 Å². The van der Waals surface area contributed by atoms with Crippen LogP contribution in [0, 0.1) is 0 Å². The van der Waals surface area contributed by atoms with Crippen LogP contribution in [0.2, 0.25) is 0 Å². The number of aliphatic carboxylic acids is 1. The number of rotatable bonds is 4. The summed E-state index contributed by atoms with van der Waals surface area (Å²) in [5, 5.41) is 9.76. The molecule has 0 spiro atoms. The summed E-state index contributed by atoms with van der Waals surface area (Å²) in [6, 6.07) is 3.61. The van der Waals surface area contributed by atoms with Crippen molar-refractivity contribution < 1.29 is 19.4 Å².